The zero-order valence-electron chi connectivity index (χ0n) is 19.8. The lowest BCUT2D eigenvalue weighted by atomic mass is 9.80. The first-order valence-corrected chi connectivity index (χ1v) is 11.9. The molecule has 0 spiro atoms. The van der Waals surface area contributed by atoms with Crippen LogP contribution in [-0.2, 0) is 11.0 Å². The maximum atomic E-state index is 13.3. The normalized spacial score (nSPS) is 27.8. The Bertz CT molecular complexity index is 1100. The van der Waals surface area contributed by atoms with E-state index in [1.165, 1.54) is 12.4 Å². The van der Waals surface area contributed by atoms with Crippen molar-refractivity contribution in [3.63, 3.8) is 0 Å². The zero-order valence-corrected chi connectivity index (χ0v) is 18.8. The Hall–Kier alpha value is -2.46. The molecule has 1 aliphatic heterocycles. The number of benzene rings is 1. The highest BCUT2D eigenvalue weighted by Crippen LogP contribution is 2.42. The number of anilines is 1. The second-order valence-electron chi connectivity index (χ2n) is 9.81. The Morgan fingerprint density at radius 2 is 1.82 bits per heavy atom. The van der Waals surface area contributed by atoms with Gasteiger partial charge in [0, 0.05) is 25.9 Å². The number of aliphatic hydroxyl groups excluding tert-OH is 1. The van der Waals surface area contributed by atoms with Gasteiger partial charge in [0.15, 0.2) is 0 Å². The number of carbonyl (C=O) groups excluding carboxylic acids is 1. The molecule has 3 N–H and O–H groups in total. The smallest absolute Gasteiger partial charge is 0.393 e. The third kappa shape index (κ3) is 4.70. The SMILES string of the molecule is [2H]C1(N2CC(N(CC(N)=O)c3ncnc4ccc(C(F)(F)F)cc34)C2)CCC([C@H](O)C2CC2)CC1. The standard InChI is InChI=1S/C24H30F3N5O2/c25-24(26,27)16-5-8-20-19(9-16)23(30-13-29-20)32(12-21(28)33)18-10-31(11-18)17-6-3-15(4-7-17)22(34)14-1-2-14/h5,8-9,13-15,17-18,22,34H,1-4,6-7,10-12H2,(H2,28,33)/t15?,17?,22-/m1/s1/i17D. The van der Waals surface area contributed by atoms with Crippen LogP contribution in [0.5, 0.6) is 0 Å². The minimum absolute atomic E-state index is 0.193. The molecule has 0 unspecified atom stereocenters. The van der Waals surface area contributed by atoms with Gasteiger partial charge in [0.1, 0.15) is 12.1 Å². The molecule has 184 valence electrons. The van der Waals surface area contributed by atoms with Crippen molar-refractivity contribution in [3.05, 3.63) is 30.1 Å². The van der Waals surface area contributed by atoms with Crippen LogP contribution in [0.2, 0.25) is 0 Å². The van der Waals surface area contributed by atoms with Crippen molar-refractivity contribution >= 4 is 22.6 Å². The van der Waals surface area contributed by atoms with Crippen LogP contribution in [0.25, 0.3) is 10.9 Å². The number of alkyl halides is 3. The maximum absolute atomic E-state index is 13.3. The summed E-state index contributed by atoms with van der Waals surface area (Å²) >= 11 is 0. The summed E-state index contributed by atoms with van der Waals surface area (Å²) in [5, 5.41) is 10.7. The van der Waals surface area contributed by atoms with Crippen LogP contribution >= 0.6 is 0 Å². The fourth-order valence-corrected chi connectivity index (χ4v) is 5.36. The maximum Gasteiger partial charge on any atom is 0.416 e. The number of primary amides is 1. The summed E-state index contributed by atoms with van der Waals surface area (Å²) in [4.78, 5) is 23.9. The van der Waals surface area contributed by atoms with Crippen molar-refractivity contribution in [2.45, 2.75) is 62.9 Å². The molecule has 0 radical (unpaired) electrons. The minimum Gasteiger partial charge on any atom is -0.393 e. The number of halogens is 3. The molecular formula is C24H30F3N5O2. The summed E-state index contributed by atoms with van der Waals surface area (Å²) in [6.07, 6.45) is 1.62. The highest BCUT2D eigenvalue weighted by molar-refractivity contribution is 5.92. The average molecular weight is 479 g/mol. The molecule has 5 rings (SSSR count). The largest absolute Gasteiger partial charge is 0.416 e. The third-order valence-electron chi connectivity index (χ3n) is 7.49. The molecule has 1 aromatic heterocycles. The number of aromatic nitrogens is 2. The quantitative estimate of drug-likeness (QED) is 0.635. The number of fused-ring (bicyclic) bond motifs is 1. The summed E-state index contributed by atoms with van der Waals surface area (Å²) in [6, 6.07) is 2.32. The molecule has 2 aromatic rings. The fourth-order valence-electron chi connectivity index (χ4n) is 5.36. The van der Waals surface area contributed by atoms with Crippen LogP contribution in [-0.4, -0.2) is 63.7 Å². The number of rotatable bonds is 7. The average Bonchev–Trinajstić information content (AvgIpc) is 3.61. The summed E-state index contributed by atoms with van der Waals surface area (Å²) in [5.74, 6) is 0.298. The van der Waals surface area contributed by atoms with Gasteiger partial charge in [-0.3, -0.25) is 9.69 Å². The molecule has 1 atom stereocenters. The van der Waals surface area contributed by atoms with Crippen molar-refractivity contribution in [2.75, 3.05) is 24.5 Å². The van der Waals surface area contributed by atoms with Crippen LogP contribution in [0.4, 0.5) is 19.0 Å². The first kappa shape index (κ1) is 22.0. The number of hydrogen-bond donors (Lipinski definition) is 2. The third-order valence-corrected chi connectivity index (χ3v) is 7.49. The first-order valence-electron chi connectivity index (χ1n) is 12.4. The lowest BCUT2D eigenvalue weighted by Gasteiger charge is -2.50. The Labute approximate surface area is 197 Å². The van der Waals surface area contributed by atoms with Gasteiger partial charge in [0.05, 0.1) is 29.8 Å². The Morgan fingerprint density at radius 3 is 2.41 bits per heavy atom. The van der Waals surface area contributed by atoms with Crippen LogP contribution in [0.1, 0.15) is 45.5 Å². The van der Waals surface area contributed by atoms with E-state index >= 15 is 0 Å². The highest BCUT2D eigenvalue weighted by Gasteiger charge is 2.42. The van der Waals surface area contributed by atoms with Gasteiger partial charge in [0.2, 0.25) is 5.91 Å². The molecule has 0 bridgehead atoms. The second kappa shape index (κ2) is 8.96. The van der Waals surface area contributed by atoms with E-state index in [0.717, 1.165) is 37.8 Å². The Balaban J connectivity index is 1.33. The molecular weight excluding hydrogens is 447 g/mol. The predicted octanol–water partition coefficient (Wildman–Crippen LogP) is 2.95. The summed E-state index contributed by atoms with van der Waals surface area (Å²) in [6.45, 7) is 0.773. The van der Waals surface area contributed by atoms with Crippen LogP contribution < -0.4 is 10.6 Å². The van der Waals surface area contributed by atoms with Crippen molar-refractivity contribution in [3.8, 4) is 0 Å². The van der Waals surface area contributed by atoms with Crippen LogP contribution in [0.15, 0.2) is 24.5 Å². The number of likely N-dealkylation sites (tertiary alicyclic amines) is 1. The fraction of sp³-hybridized carbons (Fsp3) is 0.625. The first-order chi connectivity index (χ1) is 16.5. The number of nitrogens with zero attached hydrogens (tertiary/aromatic N) is 4. The predicted molar refractivity (Wildman–Crippen MR) is 121 cm³/mol. The summed E-state index contributed by atoms with van der Waals surface area (Å²) in [7, 11) is 0. The van der Waals surface area contributed by atoms with Crippen molar-refractivity contribution < 1.29 is 24.4 Å². The number of carbonyl (C=O) groups is 1. The Kier molecular flexibility index (Phi) is 5.81. The molecule has 10 heteroatoms. The molecule has 2 heterocycles. The second-order valence-corrected chi connectivity index (χ2v) is 9.81. The monoisotopic (exact) mass is 478 g/mol. The molecule has 34 heavy (non-hydrogen) atoms. The van der Waals surface area contributed by atoms with E-state index in [4.69, 9.17) is 7.10 Å². The minimum atomic E-state index is -4.52. The van der Waals surface area contributed by atoms with E-state index < -0.39 is 23.7 Å². The molecule has 3 fully saturated rings. The van der Waals surface area contributed by atoms with Crippen molar-refractivity contribution in [1.29, 1.82) is 0 Å². The van der Waals surface area contributed by atoms with Gasteiger partial charge in [0.25, 0.3) is 0 Å². The van der Waals surface area contributed by atoms with Gasteiger partial charge in [-0.1, -0.05) is 0 Å². The lowest BCUT2D eigenvalue weighted by Crippen LogP contribution is -2.64. The number of hydrogen-bond acceptors (Lipinski definition) is 6. The Morgan fingerprint density at radius 1 is 1.18 bits per heavy atom. The van der Waals surface area contributed by atoms with E-state index in [0.29, 0.717) is 37.4 Å². The van der Waals surface area contributed by atoms with Gasteiger partial charge in [-0.15, -0.1) is 0 Å². The van der Waals surface area contributed by atoms with Crippen LogP contribution in [0, 0.1) is 11.8 Å². The number of aliphatic hydroxyl groups is 1. The van der Waals surface area contributed by atoms with E-state index in [1.807, 2.05) is 0 Å². The topological polar surface area (TPSA) is 95.6 Å². The van der Waals surface area contributed by atoms with E-state index in [9.17, 15) is 23.1 Å². The summed E-state index contributed by atoms with van der Waals surface area (Å²) < 4.78 is 49.1. The van der Waals surface area contributed by atoms with E-state index in [1.54, 1.807) is 4.90 Å². The van der Waals surface area contributed by atoms with Gasteiger partial charge >= 0.3 is 6.18 Å². The zero-order chi connectivity index (χ0) is 25.0. The van der Waals surface area contributed by atoms with Crippen molar-refractivity contribution in [1.82, 2.24) is 14.9 Å². The number of nitrogens with two attached hydrogens (primary N) is 1. The molecule has 1 aromatic carbocycles. The molecule has 7 nitrogen and oxygen atoms in total. The summed E-state index contributed by atoms with van der Waals surface area (Å²) in [5.41, 5.74) is 5.02. The van der Waals surface area contributed by atoms with Crippen LogP contribution in [0.3, 0.4) is 0 Å². The lowest BCUT2D eigenvalue weighted by molar-refractivity contribution is -0.137. The van der Waals surface area contributed by atoms with Gasteiger partial charge in [-0.2, -0.15) is 13.2 Å². The van der Waals surface area contributed by atoms with E-state index in [2.05, 4.69) is 14.9 Å². The van der Waals surface area contributed by atoms with Gasteiger partial charge in [-0.25, -0.2) is 9.97 Å². The van der Waals surface area contributed by atoms with Crippen molar-refractivity contribution in [2.24, 2.45) is 17.6 Å². The molecule has 2 saturated carbocycles. The van der Waals surface area contributed by atoms with E-state index in [-0.39, 0.29) is 35.8 Å². The number of amides is 1. The van der Waals surface area contributed by atoms with Gasteiger partial charge in [-0.05, 0) is 68.6 Å². The molecule has 1 amide bonds. The molecule has 2 aliphatic carbocycles. The molecule has 1 saturated heterocycles. The van der Waals surface area contributed by atoms with Gasteiger partial charge < -0.3 is 15.7 Å². The molecule has 3 aliphatic rings. The highest BCUT2D eigenvalue weighted by atomic mass is 19.4.